The largest absolute Gasteiger partial charge is 0.347 e. The van der Waals surface area contributed by atoms with E-state index < -0.39 is 6.03 Å². The fourth-order valence-electron chi connectivity index (χ4n) is 3.05. The first kappa shape index (κ1) is 17.6. The Morgan fingerprint density at radius 2 is 1.71 bits per heavy atom. The maximum atomic E-state index is 12.5. The topological polar surface area (TPSA) is 84.9 Å². The standard InChI is InChI=1S/C21H18N4O3/c1-14-13-16(11-12-17(14)22-20(26)15-7-3-2-4-8-15)24-21(27)23-18-9-5-6-10-19(18)25(24)28/h2-13,28H,1H3,(H,22,26)(H,23,27). The molecule has 7 nitrogen and oxygen atoms in total. The van der Waals surface area contributed by atoms with Gasteiger partial charge in [-0.25, -0.2) is 4.79 Å². The highest BCUT2D eigenvalue weighted by atomic mass is 16.6. The van der Waals surface area contributed by atoms with Gasteiger partial charge < -0.3 is 10.6 Å². The van der Waals surface area contributed by atoms with Crippen LogP contribution in [-0.4, -0.2) is 17.1 Å². The number of urea groups is 1. The van der Waals surface area contributed by atoms with Crippen LogP contribution in [0.25, 0.3) is 0 Å². The molecular weight excluding hydrogens is 356 g/mol. The molecule has 7 heteroatoms. The zero-order valence-electron chi connectivity index (χ0n) is 15.1. The number of nitrogens with one attached hydrogen (secondary N) is 2. The van der Waals surface area contributed by atoms with E-state index in [0.717, 1.165) is 15.7 Å². The fraction of sp³-hybridized carbons (Fsp3) is 0.0476. The number of hydrazine groups is 1. The van der Waals surface area contributed by atoms with Gasteiger partial charge in [0, 0.05) is 11.3 Å². The molecule has 0 aromatic heterocycles. The summed E-state index contributed by atoms with van der Waals surface area (Å²) in [5.41, 5.74) is 3.38. The van der Waals surface area contributed by atoms with Crippen molar-refractivity contribution in [1.82, 2.24) is 0 Å². The normalized spacial score (nSPS) is 13.0. The van der Waals surface area contributed by atoms with Gasteiger partial charge in [-0.3, -0.25) is 10.0 Å². The van der Waals surface area contributed by atoms with E-state index in [4.69, 9.17) is 0 Å². The molecule has 0 radical (unpaired) electrons. The molecule has 0 fully saturated rings. The number of hydrogen-bond donors (Lipinski definition) is 3. The van der Waals surface area contributed by atoms with Crippen LogP contribution in [0.4, 0.5) is 27.5 Å². The maximum Gasteiger partial charge on any atom is 0.347 e. The van der Waals surface area contributed by atoms with E-state index in [1.807, 2.05) is 13.0 Å². The molecule has 4 rings (SSSR count). The minimum atomic E-state index is -0.485. The van der Waals surface area contributed by atoms with Crippen molar-refractivity contribution in [2.75, 3.05) is 20.8 Å². The number of carbonyl (C=O) groups excluding carboxylic acids is 2. The summed E-state index contributed by atoms with van der Waals surface area (Å²) < 4.78 is 0. The van der Waals surface area contributed by atoms with E-state index in [0.29, 0.717) is 28.3 Å². The lowest BCUT2D eigenvalue weighted by molar-refractivity contribution is 0.102. The Bertz CT molecular complexity index is 1050. The highest BCUT2D eigenvalue weighted by Gasteiger charge is 2.30. The second-order valence-corrected chi connectivity index (χ2v) is 6.37. The number of benzene rings is 3. The quantitative estimate of drug-likeness (QED) is 0.634. The molecular formula is C21H18N4O3. The predicted molar refractivity (Wildman–Crippen MR) is 108 cm³/mol. The van der Waals surface area contributed by atoms with Gasteiger partial charge in [0.15, 0.2) is 0 Å². The van der Waals surface area contributed by atoms with Gasteiger partial charge in [-0.2, -0.15) is 10.2 Å². The number of fused-ring (bicyclic) bond motifs is 1. The number of carbonyl (C=O) groups is 2. The van der Waals surface area contributed by atoms with Crippen molar-refractivity contribution < 1.29 is 14.8 Å². The monoisotopic (exact) mass is 374 g/mol. The lowest BCUT2D eigenvalue weighted by Crippen LogP contribution is -2.51. The fourth-order valence-corrected chi connectivity index (χ4v) is 3.05. The molecule has 0 saturated carbocycles. The molecule has 140 valence electrons. The van der Waals surface area contributed by atoms with Gasteiger partial charge in [0.05, 0.1) is 11.4 Å². The number of hydrogen-bond acceptors (Lipinski definition) is 4. The van der Waals surface area contributed by atoms with Crippen LogP contribution in [0.1, 0.15) is 15.9 Å². The van der Waals surface area contributed by atoms with Crippen LogP contribution in [0.15, 0.2) is 72.8 Å². The molecule has 0 unspecified atom stereocenters. The van der Waals surface area contributed by atoms with Gasteiger partial charge in [-0.1, -0.05) is 30.3 Å². The molecule has 0 atom stereocenters. The molecule has 3 aromatic rings. The van der Waals surface area contributed by atoms with Crippen LogP contribution < -0.4 is 20.8 Å². The van der Waals surface area contributed by atoms with Crippen molar-refractivity contribution in [1.29, 1.82) is 0 Å². The van der Waals surface area contributed by atoms with Crippen LogP contribution in [0, 0.1) is 6.92 Å². The van der Waals surface area contributed by atoms with E-state index in [9.17, 15) is 14.8 Å². The molecule has 0 bridgehead atoms. The number of rotatable bonds is 3. The highest BCUT2D eigenvalue weighted by molar-refractivity contribution is 6.09. The van der Waals surface area contributed by atoms with Crippen molar-refractivity contribution in [2.24, 2.45) is 0 Å². The van der Waals surface area contributed by atoms with Gasteiger partial charge in [0.2, 0.25) is 0 Å². The van der Waals surface area contributed by atoms with Gasteiger partial charge in [0.25, 0.3) is 5.91 Å². The Balaban J connectivity index is 1.60. The summed E-state index contributed by atoms with van der Waals surface area (Å²) in [6, 6.07) is 20.5. The van der Waals surface area contributed by atoms with E-state index in [2.05, 4.69) is 10.6 Å². The molecule has 3 aromatic carbocycles. The molecule has 0 aliphatic carbocycles. The van der Waals surface area contributed by atoms with Crippen LogP contribution >= 0.6 is 0 Å². The van der Waals surface area contributed by atoms with Gasteiger partial charge in [0.1, 0.15) is 5.69 Å². The number of anilines is 4. The second kappa shape index (κ2) is 7.05. The smallest absolute Gasteiger partial charge is 0.322 e. The molecule has 1 heterocycles. The van der Waals surface area contributed by atoms with Crippen LogP contribution in [0.2, 0.25) is 0 Å². The number of aryl methyl sites for hydroxylation is 1. The van der Waals surface area contributed by atoms with Gasteiger partial charge >= 0.3 is 6.03 Å². The Morgan fingerprint density at radius 3 is 2.46 bits per heavy atom. The third-order valence-corrected chi connectivity index (χ3v) is 4.48. The first-order valence-corrected chi connectivity index (χ1v) is 8.71. The van der Waals surface area contributed by atoms with Crippen molar-refractivity contribution in [3.05, 3.63) is 83.9 Å². The molecule has 1 aliphatic heterocycles. The second-order valence-electron chi connectivity index (χ2n) is 6.37. The average molecular weight is 374 g/mol. The number of amides is 3. The molecule has 1 aliphatic rings. The Morgan fingerprint density at radius 1 is 1.00 bits per heavy atom. The lowest BCUT2D eigenvalue weighted by Gasteiger charge is -2.36. The Hall–Kier alpha value is -3.84. The third-order valence-electron chi connectivity index (χ3n) is 4.48. The van der Waals surface area contributed by atoms with Crippen LogP contribution in [0.3, 0.4) is 0 Å². The summed E-state index contributed by atoms with van der Waals surface area (Å²) in [4.78, 5) is 24.8. The Kier molecular flexibility index (Phi) is 4.42. The average Bonchev–Trinajstić information content (AvgIpc) is 2.70. The number of nitrogens with zero attached hydrogens (tertiary/aromatic N) is 2. The Labute approximate surface area is 161 Å². The summed E-state index contributed by atoms with van der Waals surface area (Å²) in [7, 11) is 0. The lowest BCUT2D eigenvalue weighted by atomic mass is 10.1. The van der Waals surface area contributed by atoms with Crippen molar-refractivity contribution >= 4 is 34.7 Å². The van der Waals surface area contributed by atoms with Gasteiger partial charge in [-0.05, 0) is 55.0 Å². The molecule has 28 heavy (non-hydrogen) atoms. The van der Waals surface area contributed by atoms with E-state index in [-0.39, 0.29) is 5.91 Å². The van der Waals surface area contributed by atoms with E-state index >= 15 is 0 Å². The van der Waals surface area contributed by atoms with Crippen molar-refractivity contribution in [3.63, 3.8) is 0 Å². The summed E-state index contributed by atoms with van der Waals surface area (Å²) in [6.45, 7) is 1.82. The molecule has 0 spiro atoms. The number of para-hydroxylation sites is 2. The molecule has 3 N–H and O–H groups in total. The zero-order valence-corrected chi connectivity index (χ0v) is 15.1. The van der Waals surface area contributed by atoms with E-state index in [1.165, 1.54) is 0 Å². The van der Waals surface area contributed by atoms with Crippen molar-refractivity contribution in [2.45, 2.75) is 6.92 Å². The zero-order chi connectivity index (χ0) is 19.7. The van der Waals surface area contributed by atoms with Gasteiger partial charge in [-0.15, -0.1) is 0 Å². The summed E-state index contributed by atoms with van der Waals surface area (Å²) in [5.74, 6) is -0.218. The minimum absolute atomic E-state index is 0.218. The summed E-state index contributed by atoms with van der Waals surface area (Å²) >= 11 is 0. The predicted octanol–water partition coefficient (Wildman–Crippen LogP) is 4.41. The summed E-state index contributed by atoms with van der Waals surface area (Å²) in [5, 5.41) is 18.1. The first-order chi connectivity index (χ1) is 13.5. The molecule has 3 amide bonds. The summed E-state index contributed by atoms with van der Waals surface area (Å²) in [6.07, 6.45) is 0. The highest BCUT2D eigenvalue weighted by Crippen LogP contribution is 2.34. The third kappa shape index (κ3) is 3.15. The van der Waals surface area contributed by atoms with Crippen LogP contribution in [0.5, 0.6) is 0 Å². The molecule has 0 saturated heterocycles. The van der Waals surface area contributed by atoms with Crippen LogP contribution in [-0.2, 0) is 0 Å². The van der Waals surface area contributed by atoms with Crippen molar-refractivity contribution in [3.8, 4) is 0 Å². The van der Waals surface area contributed by atoms with E-state index in [1.54, 1.807) is 66.7 Å². The maximum absolute atomic E-state index is 12.5. The SMILES string of the molecule is Cc1cc(N2C(=O)Nc3ccccc3N2O)ccc1NC(=O)c1ccccc1. The first-order valence-electron chi connectivity index (χ1n) is 8.71. The minimum Gasteiger partial charge on any atom is -0.322 e.